The van der Waals surface area contributed by atoms with Crippen LogP contribution >= 0.6 is 0 Å². The van der Waals surface area contributed by atoms with Gasteiger partial charge in [0.1, 0.15) is 18.1 Å². The Kier molecular flexibility index (Phi) is 5.69. The number of rotatable bonds is 7. The number of hydrogen-bond acceptors (Lipinski definition) is 3. The van der Waals surface area contributed by atoms with Crippen LogP contribution in [0.2, 0.25) is 0 Å². The summed E-state index contributed by atoms with van der Waals surface area (Å²) >= 11 is 0. The number of methoxy groups -OCH3 is 1. The third-order valence-electron chi connectivity index (χ3n) is 3.04. The topological polar surface area (TPSA) is 30.5 Å². The second kappa shape index (κ2) is 7.98. The zero-order valence-electron chi connectivity index (χ0n) is 12.1. The lowest BCUT2D eigenvalue weighted by molar-refractivity contribution is 0.370. The first kappa shape index (κ1) is 15.0. The van der Waals surface area contributed by atoms with Crippen molar-refractivity contribution >= 4 is 0 Å². The maximum absolute atomic E-state index is 5.41. The van der Waals surface area contributed by atoms with Crippen LogP contribution in [0.3, 0.4) is 0 Å². The summed E-state index contributed by atoms with van der Waals surface area (Å²) in [6.07, 6.45) is 5.18. The summed E-state index contributed by atoms with van der Waals surface area (Å²) in [5, 5.41) is 3.40. The van der Waals surface area contributed by atoms with Gasteiger partial charge in [-0.25, -0.2) is 0 Å². The molecule has 0 saturated carbocycles. The Morgan fingerprint density at radius 2 is 1.76 bits per heavy atom. The van der Waals surface area contributed by atoms with E-state index in [4.69, 9.17) is 15.9 Å². The van der Waals surface area contributed by atoms with Crippen molar-refractivity contribution in [2.75, 3.05) is 13.7 Å². The van der Waals surface area contributed by atoms with Crippen molar-refractivity contribution in [2.24, 2.45) is 0 Å². The first-order chi connectivity index (χ1) is 10.3. The van der Waals surface area contributed by atoms with Crippen molar-refractivity contribution in [1.29, 1.82) is 0 Å². The summed E-state index contributed by atoms with van der Waals surface area (Å²) in [5.41, 5.74) is 2.38. The predicted molar refractivity (Wildman–Crippen MR) is 84.3 cm³/mol. The molecule has 0 fully saturated rings. The summed E-state index contributed by atoms with van der Waals surface area (Å²) in [5.74, 6) is 4.14. The monoisotopic (exact) mass is 281 g/mol. The molecule has 2 aromatic rings. The van der Waals surface area contributed by atoms with Gasteiger partial charge in [-0.1, -0.05) is 30.2 Å². The Morgan fingerprint density at radius 3 is 2.48 bits per heavy atom. The van der Waals surface area contributed by atoms with Crippen molar-refractivity contribution in [3.05, 3.63) is 59.7 Å². The average Bonchev–Trinajstić information content (AvgIpc) is 2.54. The van der Waals surface area contributed by atoms with Crippen LogP contribution in [0.15, 0.2) is 48.5 Å². The smallest absolute Gasteiger partial charge is 0.148 e. The third kappa shape index (κ3) is 4.87. The molecular formula is C18H19NO2. The van der Waals surface area contributed by atoms with Gasteiger partial charge in [-0.2, -0.15) is 0 Å². The van der Waals surface area contributed by atoms with Crippen LogP contribution in [0.25, 0.3) is 0 Å². The molecular weight excluding hydrogens is 262 g/mol. The molecule has 108 valence electrons. The number of benzene rings is 2. The molecule has 0 spiro atoms. The van der Waals surface area contributed by atoms with Gasteiger partial charge in [0.05, 0.1) is 7.11 Å². The molecule has 0 aliphatic rings. The molecule has 0 aliphatic carbocycles. The molecule has 2 rings (SSSR count). The molecule has 3 nitrogen and oxygen atoms in total. The molecule has 0 bridgehead atoms. The predicted octanol–water partition coefficient (Wildman–Crippen LogP) is 3.00. The number of hydrogen-bond donors (Lipinski definition) is 1. The maximum atomic E-state index is 5.41. The first-order valence-electron chi connectivity index (χ1n) is 6.80. The molecule has 0 unspecified atom stereocenters. The molecule has 2 aromatic carbocycles. The Bertz CT molecular complexity index is 599. The Labute approximate surface area is 125 Å². The summed E-state index contributed by atoms with van der Waals surface area (Å²) in [7, 11) is 1.67. The van der Waals surface area contributed by atoms with Crippen LogP contribution in [0.1, 0.15) is 11.1 Å². The van der Waals surface area contributed by atoms with E-state index in [1.54, 1.807) is 7.11 Å². The molecule has 1 N–H and O–H groups in total. The first-order valence-corrected chi connectivity index (χ1v) is 6.80. The van der Waals surface area contributed by atoms with Gasteiger partial charge in [-0.15, -0.1) is 6.42 Å². The largest absolute Gasteiger partial charge is 0.497 e. The Morgan fingerprint density at radius 1 is 1.00 bits per heavy atom. The van der Waals surface area contributed by atoms with Gasteiger partial charge in [-0.3, -0.25) is 0 Å². The van der Waals surface area contributed by atoms with Gasteiger partial charge < -0.3 is 14.8 Å². The van der Waals surface area contributed by atoms with Crippen LogP contribution in [0.4, 0.5) is 0 Å². The van der Waals surface area contributed by atoms with E-state index in [2.05, 4.69) is 29.4 Å². The maximum Gasteiger partial charge on any atom is 0.148 e. The van der Waals surface area contributed by atoms with E-state index in [0.29, 0.717) is 6.61 Å². The minimum absolute atomic E-state index is 0.294. The van der Waals surface area contributed by atoms with Crippen LogP contribution < -0.4 is 14.8 Å². The zero-order chi connectivity index (χ0) is 14.9. The lowest BCUT2D eigenvalue weighted by Crippen LogP contribution is -2.12. The lowest BCUT2D eigenvalue weighted by atomic mass is 10.2. The molecule has 0 radical (unpaired) electrons. The second-order valence-electron chi connectivity index (χ2n) is 4.59. The van der Waals surface area contributed by atoms with Crippen molar-refractivity contribution < 1.29 is 9.47 Å². The third-order valence-corrected chi connectivity index (χ3v) is 3.04. The molecule has 0 saturated heterocycles. The van der Waals surface area contributed by atoms with Crippen molar-refractivity contribution in [3.63, 3.8) is 0 Å². The van der Waals surface area contributed by atoms with Gasteiger partial charge in [-0.05, 0) is 35.4 Å². The highest BCUT2D eigenvalue weighted by molar-refractivity contribution is 5.29. The van der Waals surface area contributed by atoms with Gasteiger partial charge in [0.25, 0.3) is 0 Å². The number of ether oxygens (including phenoxy) is 2. The normalized spacial score (nSPS) is 9.90. The molecule has 0 amide bonds. The highest BCUT2D eigenvalue weighted by atomic mass is 16.5. The van der Waals surface area contributed by atoms with Crippen LogP contribution in [-0.2, 0) is 13.1 Å². The number of nitrogens with one attached hydrogen (secondary N) is 1. The van der Waals surface area contributed by atoms with Crippen LogP contribution in [0, 0.1) is 12.3 Å². The highest BCUT2D eigenvalue weighted by Gasteiger charge is 1.98. The average molecular weight is 281 g/mol. The number of terminal acetylenes is 1. The van der Waals surface area contributed by atoms with E-state index >= 15 is 0 Å². The van der Waals surface area contributed by atoms with Crippen molar-refractivity contribution in [2.45, 2.75) is 13.1 Å². The molecule has 21 heavy (non-hydrogen) atoms. The molecule has 0 atom stereocenters. The zero-order valence-corrected chi connectivity index (χ0v) is 12.1. The van der Waals surface area contributed by atoms with E-state index in [1.165, 1.54) is 5.56 Å². The fourth-order valence-corrected chi connectivity index (χ4v) is 1.96. The van der Waals surface area contributed by atoms with E-state index in [-0.39, 0.29) is 0 Å². The highest BCUT2D eigenvalue weighted by Crippen LogP contribution is 2.14. The minimum atomic E-state index is 0.294. The summed E-state index contributed by atoms with van der Waals surface area (Å²) in [6.45, 7) is 1.88. The quantitative estimate of drug-likeness (QED) is 0.791. The van der Waals surface area contributed by atoms with E-state index in [0.717, 1.165) is 30.2 Å². The molecule has 0 heterocycles. The summed E-state index contributed by atoms with van der Waals surface area (Å²) in [4.78, 5) is 0. The Hall–Kier alpha value is -2.44. The van der Waals surface area contributed by atoms with Gasteiger partial charge in [0.2, 0.25) is 0 Å². The molecule has 0 aromatic heterocycles. The van der Waals surface area contributed by atoms with E-state index < -0.39 is 0 Å². The van der Waals surface area contributed by atoms with E-state index in [1.807, 2.05) is 30.3 Å². The fourth-order valence-electron chi connectivity index (χ4n) is 1.96. The van der Waals surface area contributed by atoms with Gasteiger partial charge in [0.15, 0.2) is 0 Å². The molecule has 3 heteroatoms. The molecule has 0 aliphatic heterocycles. The minimum Gasteiger partial charge on any atom is -0.497 e. The van der Waals surface area contributed by atoms with Crippen LogP contribution in [0.5, 0.6) is 11.5 Å². The summed E-state index contributed by atoms with van der Waals surface area (Å²) in [6, 6.07) is 16.0. The fraction of sp³-hybridized carbons (Fsp3) is 0.222. The van der Waals surface area contributed by atoms with Gasteiger partial charge in [0, 0.05) is 13.1 Å². The lowest BCUT2D eigenvalue weighted by Gasteiger charge is -2.08. The SMILES string of the molecule is C#CCOc1cccc(CNCc2ccc(OC)cc2)c1. The second-order valence-corrected chi connectivity index (χ2v) is 4.59. The Balaban J connectivity index is 1.83. The standard InChI is InChI=1S/C18H19NO2/c1-3-11-21-18-6-4-5-16(12-18)14-19-13-15-7-9-17(20-2)10-8-15/h1,4-10,12,19H,11,13-14H2,2H3. The summed E-state index contributed by atoms with van der Waals surface area (Å²) < 4.78 is 10.5. The van der Waals surface area contributed by atoms with E-state index in [9.17, 15) is 0 Å². The van der Waals surface area contributed by atoms with Crippen molar-refractivity contribution in [3.8, 4) is 23.8 Å². The van der Waals surface area contributed by atoms with Crippen LogP contribution in [-0.4, -0.2) is 13.7 Å². The van der Waals surface area contributed by atoms with Crippen molar-refractivity contribution in [1.82, 2.24) is 5.32 Å². The van der Waals surface area contributed by atoms with Gasteiger partial charge >= 0.3 is 0 Å².